The summed E-state index contributed by atoms with van der Waals surface area (Å²) in [6.07, 6.45) is 7.06. The summed E-state index contributed by atoms with van der Waals surface area (Å²) in [6, 6.07) is 8.45. The zero-order valence-corrected chi connectivity index (χ0v) is 19.1. The van der Waals surface area contributed by atoms with E-state index >= 15 is 0 Å². The fraction of sp³-hybridized carbons (Fsp3) is 0.333. The van der Waals surface area contributed by atoms with Gasteiger partial charge < -0.3 is 10.1 Å². The maximum absolute atomic E-state index is 12.7. The lowest BCUT2D eigenvalue weighted by Crippen LogP contribution is -2.45. The Bertz CT molecular complexity index is 1220. The largest absolute Gasteiger partial charge is 0.444 e. The molecule has 8 nitrogen and oxygen atoms in total. The highest BCUT2D eigenvalue weighted by molar-refractivity contribution is 5.95. The lowest BCUT2D eigenvalue weighted by molar-refractivity contribution is -0.120. The normalized spacial score (nSPS) is 12.2. The van der Waals surface area contributed by atoms with Gasteiger partial charge in [-0.15, -0.1) is 6.42 Å². The summed E-state index contributed by atoms with van der Waals surface area (Å²) in [5, 5.41) is 2.72. The van der Waals surface area contributed by atoms with Gasteiger partial charge in [0, 0.05) is 18.8 Å². The fourth-order valence-corrected chi connectivity index (χ4v) is 3.17. The number of aryl methyl sites for hydroxylation is 1. The molecule has 1 atom stereocenters. The fourth-order valence-electron chi connectivity index (χ4n) is 3.17. The highest BCUT2D eigenvalue weighted by Gasteiger charge is 2.27. The number of hydrogen-bond donors (Lipinski definition) is 1. The molecule has 0 fully saturated rings. The first-order chi connectivity index (χ1) is 15.0. The van der Waals surface area contributed by atoms with Gasteiger partial charge in [0.1, 0.15) is 28.8 Å². The van der Waals surface area contributed by atoms with Gasteiger partial charge in [-0.2, -0.15) is 0 Å². The van der Waals surface area contributed by atoms with Crippen LogP contribution in [0.1, 0.15) is 39.1 Å². The van der Waals surface area contributed by atoms with Crippen LogP contribution in [0.25, 0.3) is 16.9 Å². The molecular weight excluding hydrogens is 406 g/mol. The highest BCUT2D eigenvalue weighted by atomic mass is 16.6. The molecule has 3 aromatic rings. The molecule has 3 aromatic heterocycles. The van der Waals surface area contributed by atoms with Crippen molar-refractivity contribution in [3.05, 3.63) is 47.9 Å². The summed E-state index contributed by atoms with van der Waals surface area (Å²) in [6.45, 7) is 8.81. The second-order valence-electron chi connectivity index (χ2n) is 8.47. The van der Waals surface area contributed by atoms with Gasteiger partial charge in [0.15, 0.2) is 0 Å². The van der Waals surface area contributed by atoms with Gasteiger partial charge in [-0.1, -0.05) is 6.07 Å². The Morgan fingerprint density at radius 1 is 1.22 bits per heavy atom. The number of carbonyl (C=O) groups is 2. The maximum Gasteiger partial charge on any atom is 0.410 e. The van der Waals surface area contributed by atoms with Crippen LogP contribution in [0.2, 0.25) is 0 Å². The molecule has 166 valence electrons. The van der Waals surface area contributed by atoms with Crippen molar-refractivity contribution in [1.82, 2.24) is 19.3 Å². The minimum absolute atomic E-state index is 0.294. The second kappa shape index (κ2) is 8.71. The van der Waals surface area contributed by atoms with Crippen molar-refractivity contribution >= 4 is 23.5 Å². The predicted molar refractivity (Wildman–Crippen MR) is 123 cm³/mol. The Morgan fingerprint density at radius 3 is 2.59 bits per heavy atom. The van der Waals surface area contributed by atoms with Crippen LogP contribution in [0, 0.1) is 19.3 Å². The number of amides is 2. The molecule has 0 saturated carbocycles. The SMILES string of the molecule is C#Cc1nc(NC(=O)C(C)N(C)C(=O)OC(C)(C)C)ccc1-c1c(C)nc2ccccn12. The van der Waals surface area contributed by atoms with Gasteiger partial charge >= 0.3 is 6.09 Å². The first-order valence-corrected chi connectivity index (χ1v) is 10.2. The van der Waals surface area contributed by atoms with Gasteiger partial charge in [-0.25, -0.2) is 14.8 Å². The predicted octanol–water partition coefficient (Wildman–Crippen LogP) is 3.88. The smallest absolute Gasteiger partial charge is 0.410 e. The first kappa shape index (κ1) is 22.8. The van der Waals surface area contributed by atoms with E-state index in [-0.39, 0.29) is 0 Å². The molecule has 3 heterocycles. The standard InChI is InChI=1S/C24H27N5O3/c1-8-18-17(21-15(2)25-20-11-9-10-14-29(20)21)12-13-19(26-18)27-22(30)16(3)28(7)23(31)32-24(4,5)6/h1,9-14,16H,2-7H3,(H,26,27,30). The minimum atomic E-state index is -0.776. The van der Waals surface area contributed by atoms with Crippen LogP contribution < -0.4 is 5.32 Å². The Morgan fingerprint density at radius 2 is 1.94 bits per heavy atom. The van der Waals surface area contributed by atoms with Gasteiger partial charge in [0.2, 0.25) is 5.91 Å². The molecule has 0 saturated heterocycles. The van der Waals surface area contributed by atoms with Crippen molar-refractivity contribution in [2.75, 3.05) is 12.4 Å². The number of aromatic nitrogens is 3. The lowest BCUT2D eigenvalue weighted by Gasteiger charge is -2.28. The van der Waals surface area contributed by atoms with Crippen LogP contribution in [0.3, 0.4) is 0 Å². The van der Waals surface area contributed by atoms with E-state index in [0.29, 0.717) is 11.5 Å². The Kier molecular flexibility index (Phi) is 6.21. The quantitative estimate of drug-likeness (QED) is 0.631. The number of terminal acetylenes is 1. The number of rotatable bonds is 4. The molecule has 0 aromatic carbocycles. The molecule has 0 spiro atoms. The number of likely N-dealkylation sites (N-methyl/N-ethyl adjacent to an activating group) is 1. The molecule has 1 unspecified atom stereocenters. The summed E-state index contributed by atoms with van der Waals surface area (Å²) in [7, 11) is 1.51. The number of imidazole rings is 1. The van der Waals surface area contributed by atoms with E-state index in [2.05, 4.69) is 21.2 Å². The molecule has 0 aliphatic carbocycles. The van der Waals surface area contributed by atoms with Gasteiger partial charge in [0.05, 0.1) is 11.4 Å². The minimum Gasteiger partial charge on any atom is -0.444 e. The van der Waals surface area contributed by atoms with E-state index in [0.717, 1.165) is 22.6 Å². The third-order valence-corrected chi connectivity index (χ3v) is 4.88. The van der Waals surface area contributed by atoms with E-state index in [1.807, 2.05) is 41.8 Å². The number of anilines is 1. The average Bonchev–Trinajstić information content (AvgIpc) is 3.06. The van der Waals surface area contributed by atoms with E-state index in [4.69, 9.17) is 11.2 Å². The summed E-state index contributed by atoms with van der Waals surface area (Å²) >= 11 is 0. The Balaban J connectivity index is 1.83. The van der Waals surface area contributed by atoms with Crippen molar-refractivity contribution in [2.24, 2.45) is 0 Å². The molecule has 0 aliphatic rings. The van der Waals surface area contributed by atoms with Crippen LogP contribution in [0.15, 0.2) is 36.5 Å². The highest BCUT2D eigenvalue weighted by Crippen LogP contribution is 2.28. The van der Waals surface area contributed by atoms with Crippen molar-refractivity contribution in [3.8, 4) is 23.6 Å². The number of carbonyl (C=O) groups excluding carboxylic acids is 2. The second-order valence-corrected chi connectivity index (χ2v) is 8.47. The topological polar surface area (TPSA) is 88.8 Å². The number of ether oxygens (including phenoxy) is 1. The Labute approximate surface area is 187 Å². The van der Waals surface area contributed by atoms with Crippen LogP contribution in [-0.4, -0.2) is 50.0 Å². The van der Waals surface area contributed by atoms with Gasteiger partial charge in [0.25, 0.3) is 0 Å². The van der Waals surface area contributed by atoms with E-state index < -0.39 is 23.6 Å². The van der Waals surface area contributed by atoms with Crippen molar-refractivity contribution in [2.45, 2.75) is 46.3 Å². The van der Waals surface area contributed by atoms with Crippen molar-refractivity contribution in [1.29, 1.82) is 0 Å². The van der Waals surface area contributed by atoms with E-state index in [9.17, 15) is 9.59 Å². The lowest BCUT2D eigenvalue weighted by atomic mass is 10.1. The summed E-state index contributed by atoms with van der Waals surface area (Å²) in [4.78, 5) is 35.2. The molecule has 32 heavy (non-hydrogen) atoms. The molecule has 0 aliphatic heterocycles. The molecule has 0 radical (unpaired) electrons. The molecule has 2 amide bonds. The number of nitrogens with zero attached hydrogens (tertiary/aromatic N) is 4. The average molecular weight is 434 g/mol. The first-order valence-electron chi connectivity index (χ1n) is 10.2. The molecular formula is C24H27N5O3. The molecule has 1 N–H and O–H groups in total. The molecule has 0 bridgehead atoms. The Hall–Kier alpha value is -3.86. The van der Waals surface area contributed by atoms with E-state index in [1.165, 1.54) is 11.9 Å². The van der Waals surface area contributed by atoms with Crippen LogP contribution in [0.4, 0.5) is 10.6 Å². The number of fused-ring (bicyclic) bond motifs is 1. The monoisotopic (exact) mass is 433 g/mol. The number of hydrogen-bond acceptors (Lipinski definition) is 5. The summed E-state index contributed by atoms with van der Waals surface area (Å²) < 4.78 is 7.27. The maximum atomic E-state index is 12.7. The van der Waals surface area contributed by atoms with Crippen LogP contribution in [-0.2, 0) is 9.53 Å². The number of pyridine rings is 2. The summed E-state index contributed by atoms with van der Waals surface area (Å²) in [5.74, 6) is 2.48. The van der Waals surface area contributed by atoms with Crippen molar-refractivity contribution < 1.29 is 14.3 Å². The van der Waals surface area contributed by atoms with Crippen LogP contribution in [0.5, 0.6) is 0 Å². The van der Waals surface area contributed by atoms with Crippen LogP contribution >= 0.6 is 0 Å². The number of nitrogens with one attached hydrogen (secondary N) is 1. The van der Waals surface area contributed by atoms with Crippen molar-refractivity contribution in [3.63, 3.8) is 0 Å². The van der Waals surface area contributed by atoms with Gasteiger partial charge in [-0.3, -0.25) is 14.1 Å². The summed E-state index contributed by atoms with van der Waals surface area (Å²) in [5.41, 5.74) is 2.93. The third kappa shape index (κ3) is 4.72. The van der Waals surface area contributed by atoms with Gasteiger partial charge in [-0.05, 0) is 64.8 Å². The molecule has 8 heteroatoms. The zero-order valence-electron chi connectivity index (χ0n) is 19.1. The third-order valence-electron chi connectivity index (χ3n) is 4.88. The van der Waals surface area contributed by atoms with E-state index in [1.54, 1.807) is 33.8 Å². The zero-order chi connectivity index (χ0) is 23.6. The molecule has 3 rings (SSSR count).